The summed E-state index contributed by atoms with van der Waals surface area (Å²) in [7, 11) is -3.87. The van der Waals surface area contributed by atoms with Crippen LogP contribution in [0.2, 0.25) is 0 Å². The topological polar surface area (TPSA) is 130 Å². The van der Waals surface area contributed by atoms with Crippen LogP contribution in [0.25, 0.3) is 17.1 Å². The Labute approximate surface area is 222 Å². The first-order valence-corrected chi connectivity index (χ1v) is 14.0. The highest BCUT2D eigenvalue weighted by molar-refractivity contribution is 7.89. The molecule has 0 aliphatic carbocycles. The fraction of sp³-hybridized carbons (Fsp3) is 0.286. The van der Waals surface area contributed by atoms with E-state index in [0.717, 1.165) is 24.1 Å². The largest absolute Gasteiger partial charge is 0.491 e. The number of nitrogens with two attached hydrogens (primary N) is 1. The molecule has 2 aromatic heterocycles. The van der Waals surface area contributed by atoms with Crippen LogP contribution in [0.4, 0.5) is 0 Å². The molecule has 0 bridgehead atoms. The Morgan fingerprint density at radius 3 is 2.32 bits per heavy atom. The number of nitrogens with zero attached hydrogens (tertiary/aromatic N) is 4. The third-order valence-electron chi connectivity index (χ3n) is 6.16. The third-order valence-corrected chi connectivity index (χ3v) is 7.13. The number of primary sulfonamides is 1. The van der Waals surface area contributed by atoms with Crippen LogP contribution in [0.1, 0.15) is 49.3 Å². The standard InChI is InChI=1S/C28H31N5O4S/c1-4-6-10-25-24(27(34)33(19(3)32-25)28-30-17-22(18-31-28)37-5-2)16-20-12-14-21(15-13-20)23-9-7-8-11-26(23)38(29,35)36/h7-9,11-15,17-18H,4-6,10,16H2,1-3H3,(H2,29,35,36). The van der Waals surface area contributed by atoms with E-state index in [1.165, 1.54) is 10.6 Å². The van der Waals surface area contributed by atoms with Gasteiger partial charge in [-0.2, -0.15) is 0 Å². The van der Waals surface area contributed by atoms with Crippen molar-refractivity contribution in [3.8, 4) is 22.8 Å². The number of sulfonamides is 1. The molecule has 0 spiro atoms. The Hall–Kier alpha value is -3.89. The van der Waals surface area contributed by atoms with Crippen LogP contribution in [0.5, 0.6) is 5.75 Å². The van der Waals surface area contributed by atoms with E-state index in [9.17, 15) is 13.2 Å². The lowest BCUT2D eigenvalue weighted by Gasteiger charge is -2.15. The molecule has 0 unspecified atom stereocenters. The van der Waals surface area contributed by atoms with Crippen molar-refractivity contribution in [1.29, 1.82) is 0 Å². The van der Waals surface area contributed by atoms with E-state index in [1.54, 1.807) is 37.5 Å². The van der Waals surface area contributed by atoms with E-state index in [-0.39, 0.29) is 16.4 Å². The molecule has 0 aliphatic heterocycles. The van der Waals surface area contributed by atoms with E-state index in [4.69, 9.17) is 14.9 Å². The summed E-state index contributed by atoms with van der Waals surface area (Å²) in [6, 6.07) is 14.0. The Balaban J connectivity index is 1.73. The summed E-state index contributed by atoms with van der Waals surface area (Å²) in [6.45, 7) is 6.24. The van der Waals surface area contributed by atoms with Crippen LogP contribution < -0.4 is 15.4 Å². The molecule has 198 valence electrons. The fourth-order valence-corrected chi connectivity index (χ4v) is 5.07. The van der Waals surface area contributed by atoms with Gasteiger partial charge in [0.25, 0.3) is 5.56 Å². The lowest BCUT2D eigenvalue weighted by molar-refractivity contribution is 0.337. The van der Waals surface area contributed by atoms with Crippen LogP contribution in [-0.4, -0.2) is 34.5 Å². The van der Waals surface area contributed by atoms with Gasteiger partial charge in [0.15, 0.2) is 5.75 Å². The van der Waals surface area contributed by atoms with E-state index in [2.05, 4.69) is 16.9 Å². The molecule has 2 aromatic carbocycles. The van der Waals surface area contributed by atoms with Crippen LogP contribution >= 0.6 is 0 Å². The van der Waals surface area contributed by atoms with E-state index >= 15 is 0 Å². The van der Waals surface area contributed by atoms with Gasteiger partial charge in [0.05, 0.1) is 29.6 Å². The zero-order valence-electron chi connectivity index (χ0n) is 21.7. The number of aromatic nitrogens is 4. The molecular formula is C28H31N5O4S. The minimum atomic E-state index is -3.87. The van der Waals surface area contributed by atoms with Gasteiger partial charge in [-0.15, -0.1) is 0 Å². The smallest absolute Gasteiger partial charge is 0.264 e. The van der Waals surface area contributed by atoms with Crippen molar-refractivity contribution < 1.29 is 13.2 Å². The molecule has 9 nitrogen and oxygen atoms in total. The highest BCUT2D eigenvalue weighted by Crippen LogP contribution is 2.27. The number of rotatable bonds is 10. The Morgan fingerprint density at radius 1 is 1.00 bits per heavy atom. The van der Waals surface area contributed by atoms with Gasteiger partial charge < -0.3 is 4.74 Å². The average Bonchev–Trinajstić information content (AvgIpc) is 2.90. The molecular weight excluding hydrogens is 502 g/mol. The van der Waals surface area contributed by atoms with Gasteiger partial charge in [-0.1, -0.05) is 55.8 Å². The maximum absolute atomic E-state index is 13.8. The van der Waals surface area contributed by atoms with E-state index in [0.29, 0.717) is 47.7 Å². The van der Waals surface area contributed by atoms with Gasteiger partial charge in [-0.05, 0) is 43.9 Å². The average molecular weight is 534 g/mol. The van der Waals surface area contributed by atoms with Crippen LogP contribution in [0.15, 0.2) is 70.6 Å². The Kier molecular flexibility index (Phi) is 8.33. The second kappa shape index (κ2) is 11.7. The van der Waals surface area contributed by atoms with Crippen molar-refractivity contribution in [3.63, 3.8) is 0 Å². The quantitative estimate of drug-likeness (QED) is 0.326. The highest BCUT2D eigenvalue weighted by atomic mass is 32.2. The van der Waals surface area contributed by atoms with Crippen molar-refractivity contribution in [3.05, 3.63) is 93.9 Å². The monoisotopic (exact) mass is 533 g/mol. The summed E-state index contributed by atoms with van der Waals surface area (Å²) in [5, 5.41) is 5.41. The van der Waals surface area contributed by atoms with Gasteiger partial charge in [0.2, 0.25) is 16.0 Å². The van der Waals surface area contributed by atoms with Crippen LogP contribution in [0, 0.1) is 6.92 Å². The highest BCUT2D eigenvalue weighted by Gasteiger charge is 2.19. The van der Waals surface area contributed by atoms with Crippen molar-refractivity contribution in [1.82, 2.24) is 19.5 Å². The van der Waals surface area contributed by atoms with Crippen molar-refractivity contribution in [2.24, 2.45) is 5.14 Å². The number of ether oxygens (including phenoxy) is 1. The summed E-state index contributed by atoms with van der Waals surface area (Å²) in [6.07, 6.45) is 6.02. The van der Waals surface area contributed by atoms with Gasteiger partial charge in [-0.3, -0.25) is 4.79 Å². The molecule has 10 heteroatoms. The van der Waals surface area contributed by atoms with E-state index in [1.807, 2.05) is 31.2 Å². The third kappa shape index (κ3) is 5.98. The molecule has 0 atom stereocenters. The number of hydrogen-bond donors (Lipinski definition) is 1. The van der Waals surface area contributed by atoms with Crippen LogP contribution in [0.3, 0.4) is 0 Å². The zero-order chi connectivity index (χ0) is 27.3. The Bertz CT molecular complexity index is 1580. The molecule has 4 rings (SSSR count). The first kappa shape index (κ1) is 27.2. The predicted molar refractivity (Wildman–Crippen MR) is 146 cm³/mol. The van der Waals surface area contributed by atoms with Gasteiger partial charge in [0.1, 0.15) is 5.82 Å². The second-order valence-electron chi connectivity index (χ2n) is 8.90. The van der Waals surface area contributed by atoms with Crippen molar-refractivity contribution in [2.45, 2.75) is 51.3 Å². The lowest BCUT2D eigenvalue weighted by Crippen LogP contribution is -2.29. The molecule has 2 heterocycles. The second-order valence-corrected chi connectivity index (χ2v) is 10.4. The van der Waals surface area contributed by atoms with Gasteiger partial charge >= 0.3 is 0 Å². The molecule has 0 radical (unpaired) electrons. The molecule has 0 amide bonds. The summed E-state index contributed by atoms with van der Waals surface area (Å²) in [4.78, 5) is 27.3. The Morgan fingerprint density at radius 2 is 1.68 bits per heavy atom. The minimum Gasteiger partial charge on any atom is -0.491 e. The summed E-state index contributed by atoms with van der Waals surface area (Å²) >= 11 is 0. The molecule has 4 aromatic rings. The summed E-state index contributed by atoms with van der Waals surface area (Å²) in [5.74, 6) is 1.28. The first-order chi connectivity index (χ1) is 18.2. The zero-order valence-corrected chi connectivity index (χ0v) is 22.5. The van der Waals surface area contributed by atoms with Gasteiger partial charge in [-0.25, -0.2) is 33.1 Å². The molecule has 0 aliphatic rings. The van der Waals surface area contributed by atoms with Gasteiger partial charge in [0, 0.05) is 17.5 Å². The molecule has 0 saturated carbocycles. The minimum absolute atomic E-state index is 0.0653. The number of aryl methyl sites for hydroxylation is 2. The van der Waals surface area contributed by atoms with Crippen molar-refractivity contribution in [2.75, 3.05) is 6.61 Å². The fourth-order valence-electron chi connectivity index (χ4n) is 4.31. The normalized spacial score (nSPS) is 11.5. The number of benzene rings is 2. The maximum atomic E-state index is 13.8. The SMILES string of the molecule is CCCCc1nc(C)n(-c2ncc(OCC)cn2)c(=O)c1Cc1ccc(-c2ccccc2S(N)(=O)=O)cc1. The van der Waals surface area contributed by atoms with Crippen molar-refractivity contribution >= 4 is 10.0 Å². The van der Waals surface area contributed by atoms with Crippen LogP contribution in [-0.2, 0) is 22.9 Å². The number of hydrogen-bond acceptors (Lipinski definition) is 7. The number of unbranched alkanes of at least 4 members (excludes halogenated alkanes) is 1. The summed E-state index contributed by atoms with van der Waals surface area (Å²) < 4.78 is 30.9. The first-order valence-electron chi connectivity index (χ1n) is 12.5. The molecule has 0 fully saturated rings. The maximum Gasteiger partial charge on any atom is 0.264 e. The summed E-state index contributed by atoms with van der Waals surface area (Å²) in [5.41, 5.74) is 3.27. The molecule has 0 saturated heterocycles. The molecule has 2 N–H and O–H groups in total. The lowest BCUT2D eigenvalue weighted by atomic mass is 9.98. The molecule has 38 heavy (non-hydrogen) atoms. The predicted octanol–water partition coefficient (Wildman–Crippen LogP) is 3.98. The van der Waals surface area contributed by atoms with E-state index < -0.39 is 10.0 Å².